The fourth-order valence-corrected chi connectivity index (χ4v) is 1.36. The summed E-state index contributed by atoms with van der Waals surface area (Å²) in [6.45, 7) is 6.84. The molecule has 0 N–H and O–H groups in total. The molecule has 0 saturated carbocycles. The zero-order chi connectivity index (χ0) is 9.68. The van der Waals surface area contributed by atoms with Crippen LogP contribution in [0.2, 0.25) is 0 Å². The highest BCUT2D eigenvalue weighted by molar-refractivity contribution is 5.21. The molecule has 1 aliphatic rings. The molecule has 1 heterocycles. The van der Waals surface area contributed by atoms with Crippen LogP contribution in [0.4, 0.5) is 0 Å². The SMILES string of the molecule is C/C=C\C(=C/CC)C1OCC(C)O1. The third-order valence-electron chi connectivity index (χ3n) is 1.91. The Balaban J connectivity index is 2.60. The van der Waals surface area contributed by atoms with Crippen molar-refractivity contribution in [3.05, 3.63) is 23.8 Å². The second kappa shape index (κ2) is 5.20. The van der Waals surface area contributed by atoms with Gasteiger partial charge in [0.2, 0.25) is 0 Å². The predicted octanol–water partition coefficient (Wildman–Crippen LogP) is 2.66. The molecule has 0 bridgehead atoms. The van der Waals surface area contributed by atoms with E-state index in [9.17, 15) is 0 Å². The van der Waals surface area contributed by atoms with E-state index >= 15 is 0 Å². The Morgan fingerprint density at radius 3 is 2.77 bits per heavy atom. The number of hydrogen-bond donors (Lipinski definition) is 0. The van der Waals surface area contributed by atoms with Gasteiger partial charge in [0.25, 0.3) is 0 Å². The third-order valence-corrected chi connectivity index (χ3v) is 1.91. The fraction of sp³-hybridized carbons (Fsp3) is 0.636. The monoisotopic (exact) mass is 182 g/mol. The maximum absolute atomic E-state index is 5.59. The summed E-state index contributed by atoms with van der Waals surface area (Å²) >= 11 is 0. The summed E-state index contributed by atoms with van der Waals surface area (Å²) in [5.74, 6) is 0. The van der Waals surface area contributed by atoms with Gasteiger partial charge in [-0.2, -0.15) is 0 Å². The highest BCUT2D eigenvalue weighted by Gasteiger charge is 2.24. The highest BCUT2D eigenvalue weighted by atomic mass is 16.7. The molecule has 0 aromatic heterocycles. The quantitative estimate of drug-likeness (QED) is 0.625. The van der Waals surface area contributed by atoms with E-state index in [1.54, 1.807) is 0 Å². The average Bonchev–Trinajstić information content (AvgIpc) is 2.51. The first kappa shape index (κ1) is 10.5. The standard InChI is InChI=1S/C11H18O2/c1-4-6-10(7-5-2)11-12-8-9(3)13-11/h4,6-7,9,11H,5,8H2,1-3H3/b6-4-,10-7+. The number of hydrogen-bond acceptors (Lipinski definition) is 2. The second-order valence-electron chi connectivity index (χ2n) is 3.22. The number of ether oxygens (including phenoxy) is 2. The van der Waals surface area contributed by atoms with Crippen molar-refractivity contribution in [3.8, 4) is 0 Å². The number of rotatable bonds is 3. The largest absolute Gasteiger partial charge is 0.346 e. The molecule has 2 heteroatoms. The summed E-state index contributed by atoms with van der Waals surface area (Å²) in [6, 6.07) is 0. The molecule has 2 atom stereocenters. The van der Waals surface area contributed by atoms with E-state index < -0.39 is 0 Å². The van der Waals surface area contributed by atoms with Gasteiger partial charge >= 0.3 is 0 Å². The molecular weight excluding hydrogens is 164 g/mol. The van der Waals surface area contributed by atoms with Gasteiger partial charge in [-0.05, 0) is 20.3 Å². The molecular formula is C11H18O2. The van der Waals surface area contributed by atoms with Crippen LogP contribution in [0.25, 0.3) is 0 Å². The lowest BCUT2D eigenvalue weighted by Crippen LogP contribution is -2.11. The average molecular weight is 182 g/mol. The fourth-order valence-electron chi connectivity index (χ4n) is 1.36. The minimum Gasteiger partial charge on any atom is -0.346 e. The molecule has 0 spiro atoms. The van der Waals surface area contributed by atoms with Gasteiger partial charge in [-0.1, -0.05) is 25.2 Å². The first-order chi connectivity index (χ1) is 6.27. The smallest absolute Gasteiger partial charge is 0.184 e. The zero-order valence-electron chi connectivity index (χ0n) is 8.62. The topological polar surface area (TPSA) is 18.5 Å². The molecule has 0 aromatic carbocycles. The molecule has 1 aliphatic heterocycles. The van der Waals surface area contributed by atoms with Crippen molar-refractivity contribution < 1.29 is 9.47 Å². The van der Waals surface area contributed by atoms with Crippen LogP contribution in [0.3, 0.4) is 0 Å². The van der Waals surface area contributed by atoms with Crippen LogP contribution in [-0.2, 0) is 9.47 Å². The normalized spacial score (nSPS) is 30.2. The Morgan fingerprint density at radius 1 is 1.54 bits per heavy atom. The molecule has 0 aromatic rings. The Labute approximate surface area is 80.2 Å². The minimum atomic E-state index is -0.147. The van der Waals surface area contributed by atoms with Crippen LogP contribution in [-0.4, -0.2) is 19.0 Å². The van der Waals surface area contributed by atoms with Crippen LogP contribution < -0.4 is 0 Å². The molecule has 2 unspecified atom stereocenters. The number of allylic oxidation sites excluding steroid dienone is 2. The van der Waals surface area contributed by atoms with Crippen LogP contribution in [0.5, 0.6) is 0 Å². The molecule has 0 amide bonds. The van der Waals surface area contributed by atoms with E-state index in [1.165, 1.54) is 0 Å². The summed E-state index contributed by atoms with van der Waals surface area (Å²) in [5, 5.41) is 0. The summed E-state index contributed by atoms with van der Waals surface area (Å²) in [6.07, 6.45) is 7.28. The van der Waals surface area contributed by atoms with E-state index in [2.05, 4.69) is 13.0 Å². The van der Waals surface area contributed by atoms with Crippen molar-refractivity contribution in [1.82, 2.24) is 0 Å². The van der Waals surface area contributed by atoms with E-state index in [0.29, 0.717) is 6.61 Å². The van der Waals surface area contributed by atoms with Gasteiger partial charge in [0.15, 0.2) is 6.29 Å². The zero-order valence-corrected chi connectivity index (χ0v) is 8.62. The Kier molecular flexibility index (Phi) is 4.19. The summed E-state index contributed by atoms with van der Waals surface area (Å²) in [7, 11) is 0. The third kappa shape index (κ3) is 2.98. The van der Waals surface area contributed by atoms with Gasteiger partial charge in [-0.25, -0.2) is 0 Å². The lowest BCUT2D eigenvalue weighted by atomic mass is 10.2. The Bertz CT molecular complexity index is 206. The molecule has 13 heavy (non-hydrogen) atoms. The van der Waals surface area contributed by atoms with Gasteiger partial charge in [0.05, 0.1) is 12.7 Å². The lowest BCUT2D eigenvalue weighted by molar-refractivity contribution is -0.0227. The Morgan fingerprint density at radius 2 is 2.31 bits per heavy atom. The molecule has 1 rings (SSSR count). The molecule has 0 radical (unpaired) electrons. The van der Waals surface area contributed by atoms with Crippen molar-refractivity contribution >= 4 is 0 Å². The Hall–Kier alpha value is -0.600. The summed E-state index contributed by atoms with van der Waals surface area (Å²) < 4.78 is 11.1. The molecule has 0 aliphatic carbocycles. The molecule has 2 nitrogen and oxygen atoms in total. The van der Waals surface area contributed by atoms with Gasteiger partial charge < -0.3 is 9.47 Å². The van der Waals surface area contributed by atoms with Crippen LogP contribution >= 0.6 is 0 Å². The minimum absolute atomic E-state index is 0.147. The van der Waals surface area contributed by atoms with Crippen LogP contribution in [0.15, 0.2) is 23.8 Å². The van der Waals surface area contributed by atoms with Crippen molar-refractivity contribution in [2.75, 3.05) is 6.61 Å². The van der Waals surface area contributed by atoms with E-state index in [4.69, 9.17) is 9.47 Å². The van der Waals surface area contributed by atoms with Crippen molar-refractivity contribution in [1.29, 1.82) is 0 Å². The first-order valence-electron chi connectivity index (χ1n) is 4.87. The molecule has 1 saturated heterocycles. The summed E-state index contributed by atoms with van der Waals surface area (Å²) in [5.41, 5.74) is 1.13. The predicted molar refractivity (Wildman–Crippen MR) is 53.5 cm³/mol. The molecule has 74 valence electrons. The van der Waals surface area contributed by atoms with Crippen molar-refractivity contribution in [3.63, 3.8) is 0 Å². The van der Waals surface area contributed by atoms with Crippen LogP contribution in [0.1, 0.15) is 27.2 Å². The van der Waals surface area contributed by atoms with Crippen LogP contribution in [0, 0.1) is 0 Å². The van der Waals surface area contributed by atoms with E-state index in [-0.39, 0.29) is 12.4 Å². The molecule has 1 fully saturated rings. The lowest BCUT2D eigenvalue weighted by Gasteiger charge is -2.10. The first-order valence-corrected chi connectivity index (χ1v) is 4.87. The maximum atomic E-state index is 5.59. The van der Waals surface area contributed by atoms with Gasteiger partial charge in [-0.3, -0.25) is 0 Å². The highest BCUT2D eigenvalue weighted by Crippen LogP contribution is 2.19. The van der Waals surface area contributed by atoms with E-state index in [1.807, 2.05) is 26.0 Å². The van der Waals surface area contributed by atoms with Crippen molar-refractivity contribution in [2.45, 2.75) is 39.6 Å². The van der Waals surface area contributed by atoms with E-state index in [0.717, 1.165) is 12.0 Å². The maximum Gasteiger partial charge on any atom is 0.184 e. The van der Waals surface area contributed by atoms with Gasteiger partial charge in [-0.15, -0.1) is 0 Å². The van der Waals surface area contributed by atoms with Crippen molar-refractivity contribution in [2.24, 2.45) is 0 Å². The second-order valence-corrected chi connectivity index (χ2v) is 3.22. The van der Waals surface area contributed by atoms with Gasteiger partial charge in [0.1, 0.15) is 0 Å². The van der Waals surface area contributed by atoms with Gasteiger partial charge in [0, 0.05) is 5.57 Å². The summed E-state index contributed by atoms with van der Waals surface area (Å²) in [4.78, 5) is 0.